The molecular weight excluding hydrogens is 198 g/mol. The first-order valence-corrected chi connectivity index (χ1v) is 6.15. The first-order valence-electron chi connectivity index (χ1n) is 6.15. The van der Waals surface area contributed by atoms with Gasteiger partial charge in [-0.2, -0.15) is 0 Å². The van der Waals surface area contributed by atoms with Gasteiger partial charge in [0, 0.05) is 12.6 Å². The molecule has 2 nitrogen and oxygen atoms in total. The maximum absolute atomic E-state index is 9.77. The highest BCUT2D eigenvalue weighted by Crippen LogP contribution is 2.32. The van der Waals surface area contributed by atoms with Gasteiger partial charge in [-0.3, -0.25) is 0 Å². The molecule has 0 aliphatic heterocycles. The minimum atomic E-state index is -0.159. The fraction of sp³-hybridized carbons (Fsp3) is 0.571. The smallest absolute Gasteiger partial charge is 0.0692 e. The third-order valence-corrected chi connectivity index (χ3v) is 3.38. The van der Waals surface area contributed by atoms with Crippen molar-refractivity contribution in [3.05, 3.63) is 35.4 Å². The average Bonchev–Trinajstić information content (AvgIpc) is 3.10. The van der Waals surface area contributed by atoms with Gasteiger partial charge in [-0.25, -0.2) is 0 Å². The summed E-state index contributed by atoms with van der Waals surface area (Å²) in [7, 11) is 0. The van der Waals surface area contributed by atoms with Crippen molar-refractivity contribution in [2.24, 2.45) is 5.92 Å². The fourth-order valence-electron chi connectivity index (χ4n) is 1.92. The van der Waals surface area contributed by atoms with E-state index in [0.717, 1.165) is 0 Å². The van der Waals surface area contributed by atoms with Gasteiger partial charge in [-0.1, -0.05) is 29.8 Å². The van der Waals surface area contributed by atoms with Crippen LogP contribution in [-0.2, 0) is 0 Å². The van der Waals surface area contributed by atoms with E-state index in [9.17, 15) is 5.11 Å². The van der Waals surface area contributed by atoms with Gasteiger partial charge in [0.25, 0.3) is 0 Å². The van der Waals surface area contributed by atoms with Crippen LogP contribution < -0.4 is 5.32 Å². The maximum Gasteiger partial charge on any atom is 0.0692 e. The van der Waals surface area contributed by atoms with Crippen LogP contribution in [0, 0.1) is 12.8 Å². The molecule has 88 valence electrons. The van der Waals surface area contributed by atoms with E-state index in [2.05, 4.69) is 43.4 Å². The second-order valence-corrected chi connectivity index (χ2v) is 4.95. The Hall–Kier alpha value is -0.860. The number of benzene rings is 1. The van der Waals surface area contributed by atoms with E-state index in [1.807, 2.05) is 0 Å². The SMILES string of the molecule is Cc1ccc(C(C)NCC(O)C2CC2)cc1. The quantitative estimate of drug-likeness (QED) is 0.797. The molecule has 2 atom stereocenters. The summed E-state index contributed by atoms with van der Waals surface area (Å²) in [5, 5.41) is 13.2. The summed E-state index contributed by atoms with van der Waals surface area (Å²) in [5.74, 6) is 0.553. The van der Waals surface area contributed by atoms with E-state index in [1.165, 1.54) is 24.0 Å². The summed E-state index contributed by atoms with van der Waals surface area (Å²) in [4.78, 5) is 0. The van der Waals surface area contributed by atoms with Gasteiger partial charge >= 0.3 is 0 Å². The van der Waals surface area contributed by atoms with E-state index < -0.39 is 0 Å². The molecule has 2 N–H and O–H groups in total. The van der Waals surface area contributed by atoms with Crippen molar-refractivity contribution in [3.8, 4) is 0 Å². The number of hydrogen-bond donors (Lipinski definition) is 2. The first kappa shape index (κ1) is 11.6. The molecule has 1 aliphatic rings. The highest BCUT2D eigenvalue weighted by Gasteiger charge is 2.29. The molecule has 0 radical (unpaired) electrons. The predicted molar refractivity (Wildman–Crippen MR) is 66.3 cm³/mol. The molecule has 0 amide bonds. The summed E-state index contributed by atoms with van der Waals surface area (Å²) in [6, 6.07) is 8.87. The number of aliphatic hydroxyl groups is 1. The summed E-state index contributed by atoms with van der Waals surface area (Å²) in [6.45, 7) is 4.95. The van der Waals surface area contributed by atoms with Crippen LogP contribution in [0.25, 0.3) is 0 Å². The second kappa shape index (κ2) is 4.98. The first-order chi connectivity index (χ1) is 7.66. The van der Waals surface area contributed by atoms with Crippen LogP contribution >= 0.6 is 0 Å². The van der Waals surface area contributed by atoms with Gasteiger partial charge in [0.1, 0.15) is 0 Å². The lowest BCUT2D eigenvalue weighted by molar-refractivity contribution is 0.145. The van der Waals surface area contributed by atoms with E-state index in [1.54, 1.807) is 0 Å². The summed E-state index contributed by atoms with van der Waals surface area (Å²) in [5.41, 5.74) is 2.57. The van der Waals surface area contributed by atoms with Crippen molar-refractivity contribution < 1.29 is 5.11 Å². The van der Waals surface area contributed by atoms with Crippen molar-refractivity contribution in [1.29, 1.82) is 0 Å². The monoisotopic (exact) mass is 219 g/mol. The topological polar surface area (TPSA) is 32.3 Å². The predicted octanol–water partition coefficient (Wildman–Crippen LogP) is 2.42. The Kier molecular flexibility index (Phi) is 3.62. The van der Waals surface area contributed by atoms with Crippen LogP contribution in [-0.4, -0.2) is 17.8 Å². The highest BCUT2D eigenvalue weighted by molar-refractivity contribution is 5.23. The zero-order valence-corrected chi connectivity index (χ0v) is 10.1. The van der Waals surface area contributed by atoms with Crippen LogP contribution in [0.5, 0.6) is 0 Å². The normalized spacial score (nSPS) is 19.4. The van der Waals surface area contributed by atoms with Crippen LogP contribution in [0.1, 0.15) is 36.9 Å². The molecular formula is C14H21NO. The molecule has 2 unspecified atom stereocenters. The van der Waals surface area contributed by atoms with E-state index in [4.69, 9.17) is 0 Å². The number of nitrogens with one attached hydrogen (secondary N) is 1. The zero-order chi connectivity index (χ0) is 11.5. The maximum atomic E-state index is 9.77. The second-order valence-electron chi connectivity index (χ2n) is 4.95. The summed E-state index contributed by atoms with van der Waals surface area (Å²) >= 11 is 0. The average molecular weight is 219 g/mol. The Labute approximate surface area is 97.7 Å². The number of hydrogen-bond acceptors (Lipinski definition) is 2. The van der Waals surface area contributed by atoms with Crippen LogP contribution in [0.4, 0.5) is 0 Å². The molecule has 1 aromatic rings. The number of aliphatic hydroxyl groups excluding tert-OH is 1. The van der Waals surface area contributed by atoms with E-state index in [0.29, 0.717) is 18.5 Å². The summed E-state index contributed by atoms with van der Waals surface area (Å²) < 4.78 is 0. The van der Waals surface area contributed by atoms with E-state index in [-0.39, 0.29) is 6.10 Å². The van der Waals surface area contributed by atoms with Crippen molar-refractivity contribution in [3.63, 3.8) is 0 Å². The highest BCUT2D eigenvalue weighted by atomic mass is 16.3. The Morgan fingerprint density at radius 1 is 1.31 bits per heavy atom. The van der Waals surface area contributed by atoms with Gasteiger partial charge in [-0.05, 0) is 38.2 Å². The molecule has 0 saturated heterocycles. The molecule has 1 aliphatic carbocycles. The molecule has 2 rings (SSSR count). The Morgan fingerprint density at radius 2 is 1.94 bits per heavy atom. The Balaban J connectivity index is 1.82. The van der Waals surface area contributed by atoms with Gasteiger partial charge in [-0.15, -0.1) is 0 Å². The summed E-state index contributed by atoms with van der Waals surface area (Å²) in [6.07, 6.45) is 2.23. The third kappa shape index (κ3) is 3.06. The molecule has 2 heteroatoms. The molecule has 16 heavy (non-hydrogen) atoms. The van der Waals surface area contributed by atoms with Gasteiger partial charge in [0.05, 0.1) is 6.10 Å². The largest absolute Gasteiger partial charge is 0.392 e. The van der Waals surface area contributed by atoms with Crippen molar-refractivity contribution >= 4 is 0 Å². The molecule has 0 aromatic heterocycles. The van der Waals surface area contributed by atoms with Crippen LogP contribution in [0.2, 0.25) is 0 Å². The fourth-order valence-corrected chi connectivity index (χ4v) is 1.92. The molecule has 0 spiro atoms. The molecule has 0 bridgehead atoms. The lowest BCUT2D eigenvalue weighted by Gasteiger charge is -2.17. The lowest BCUT2D eigenvalue weighted by atomic mass is 10.1. The standard InChI is InChI=1S/C14H21NO/c1-10-3-5-12(6-4-10)11(2)15-9-14(16)13-7-8-13/h3-6,11,13-16H,7-9H2,1-2H3. The van der Waals surface area contributed by atoms with Gasteiger partial charge in [0.2, 0.25) is 0 Å². The molecule has 1 fully saturated rings. The Bertz CT molecular complexity index is 329. The lowest BCUT2D eigenvalue weighted by Crippen LogP contribution is -2.30. The van der Waals surface area contributed by atoms with Crippen molar-refractivity contribution in [2.75, 3.05) is 6.54 Å². The van der Waals surface area contributed by atoms with Gasteiger partial charge in [0.15, 0.2) is 0 Å². The molecule has 1 aromatic carbocycles. The minimum absolute atomic E-state index is 0.159. The minimum Gasteiger partial charge on any atom is -0.392 e. The third-order valence-electron chi connectivity index (χ3n) is 3.38. The van der Waals surface area contributed by atoms with Crippen molar-refractivity contribution in [2.45, 2.75) is 38.8 Å². The van der Waals surface area contributed by atoms with Crippen LogP contribution in [0.15, 0.2) is 24.3 Å². The molecule has 1 saturated carbocycles. The zero-order valence-electron chi connectivity index (χ0n) is 10.1. The van der Waals surface area contributed by atoms with Crippen molar-refractivity contribution in [1.82, 2.24) is 5.32 Å². The molecule has 0 heterocycles. The van der Waals surface area contributed by atoms with Crippen LogP contribution in [0.3, 0.4) is 0 Å². The van der Waals surface area contributed by atoms with Gasteiger partial charge < -0.3 is 10.4 Å². The number of aryl methyl sites for hydroxylation is 1. The van der Waals surface area contributed by atoms with E-state index >= 15 is 0 Å². The Morgan fingerprint density at radius 3 is 2.50 bits per heavy atom. The number of rotatable bonds is 5.